The number of carbonyl (C=O) groups excluding carboxylic acids is 2. The van der Waals surface area contributed by atoms with Crippen molar-refractivity contribution in [2.24, 2.45) is 0 Å². The summed E-state index contributed by atoms with van der Waals surface area (Å²) >= 11 is 0. The molecule has 7 heteroatoms. The first-order valence-electron chi connectivity index (χ1n) is 6.08. The van der Waals surface area contributed by atoms with Crippen LogP contribution in [0.5, 0.6) is 0 Å². The number of ether oxygens (including phenoxy) is 3. The Morgan fingerprint density at radius 3 is 2.47 bits per heavy atom. The van der Waals surface area contributed by atoms with Gasteiger partial charge in [-0.25, -0.2) is 9.59 Å². The van der Waals surface area contributed by atoms with E-state index in [1.807, 2.05) is 0 Å². The van der Waals surface area contributed by atoms with Crippen molar-refractivity contribution >= 4 is 12.1 Å². The summed E-state index contributed by atoms with van der Waals surface area (Å²) < 4.78 is 15.0. The normalized spacial score (nSPS) is 24.6. The molecule has 0 aromatic heterocycles. The topological polar surface area (TPSA) is 85.3 Å². The van der Waals surface area contributed by atoms with Crippen LogP contribution in [0, 0.1) is 0 Å². The average molecular weight is 275 g/mol. The molecule has 19 heavy (non-hydrogen) atoms. The molecule has 110 valence electrons. The molecule has 0 bridgehead atoms. The maximum absolute atomic E-state index is 12.0. The van der Waals surface area contributed by atoms with Crippen molar-refractivity contribution in [2.75, 3.05) is 26.8 Å². The van der Waals surface area contributed by atoms with Crippen LogP contribution >= 0.6 is 0 Å². The summed E-state index contributed by atoms with van der Waals surface area (Å²) in [6.07, 6.45) is -2.36. The van der Waals surface area contributed by atoms with Crippen LogP contribution in [0.1, 0.15) is 20.8 Å². The van der Waals surface area contributed by atoms with Crippen LogP contribution in [0.2, 0.25) is 0 Å². The Morgan fingerprint density at radius 2 is 1.95 bits per heavy atom. The Kier molecular flexibility index (Phi) is 5.13. The second kappa shape index (κ2) is 6.21. The molecule has 0 aliphatic carbocycles. The summed E-state index contributed by atoms with van der Waals surface area (Å²) in [7, 11) is 1.24. The molecular weight excluding hydrogens is 254 g/mol. The molecular formula is C12H21NO6. The number of aliphatic hydroxyl groups is 1. The maximum atomic E-state index is 12.0. The fourth-order valence-corrected chi connectivity index (χ4v) is 1.61. The number of nitrogens with zero attached hydrogens (tertiary/aromatic N) is 1. The summed E-state index contributed by atoms with van der Waals surface area (Å²) in [6.45, 7) is 5.26. The van der Waals surface area contributed by atoms with Crippen molar-refractivity contribution in [2.45, 2.75) is 38.6 Å². The molecule has 0 aromatic rings. The number of carbonyl (C=O) groups is 2. The highest BCUT2D eigenvalue weighted by atomic mass is 16.6. The first-order valence-corrected chi connectivity index (χ1v) is 6.08. The second-order valence-electron chi connectivity index (χ2n) is 5.38. The smallest absolute Gasteiger partial charge is 0.410 e. The highest BCUT2D eigenvalue weighted by Crippen LogP contribution is 2.14. The van der Waals surface area contributed by atoms with Gasteiger partial charge in [-0.15, -0.1) is 0 Å². The molecule has 0 spiro atoms. The third-order valence-electron chi connectivity index (χ3n) is 2.42. The van der Waals surface area contributed by atoms with E-state index in [4.69, 9.17) is 9.47 Å². The van der Waals surface area contributed by atoms with Gasteiger partial charge in [-0.3, -0.25) is 0 Å². The zero-order valence-electron chi connectivity index (χ0n) is 11.7. The van der Waals surface area contributed by atoms with E-state index in [2.05, 4.69) is 4.74 Å². The number of hydrogen-bond acceptors (Lipinski definition) is 6. The molecule has 1 N–H and O–H groups in total. The van der Waals surface area contributed by atoms with Gasteiger partial charge in [0.2, 0.25) is 0 Å². The lowest BCUT2D eigenvalue weighted by atomic mass is 10.2. The lowest BCUT2D eigenvalue weighted by molar-refractivity contribution is -0.154. The van der Waals surface area contributed by atoms with Crippen LogP contribution in [-0.2, 0) is 19.0 Å². The molecule has 0 radical (unpaired) electrons. The van der Waals surface area contributed by atoms with E-state index in [1.165, 1.54) is 12.0 Å². The van der Waals surface area contributed by atoms with Crippen molar-refractivity contribution in [3.63, 3.8) is 0 Å². The van der Waals surface area contributed by atoms with E-state index >= 15 is 0 Å². The standard InChI is InChI=1S/C12H21NO6/c1-12(2,3)19-11(16)13-5-8(14)7-18-9(6-13)10(15)17-4/h8-9,14H,5-7H2,1-4H3/t8-,9+/m1/s1. The first-order chi connectivity index (χ1) is 8.73. The molecule has 0 unspecified atom stereocenters. The summed E-state index contributed by atoms with van der Waals surface area (Å²) in [4.78, 5) is 24.7. The molecule has 0 saturated carbocycles. The van der Waals surface area contributed by atoms with Crippen molar-refractivity contribution in [3.8, 4) is 0 Å². The minimum atomic E-state index is -0.908. The van der Waals surface area contributed by atoms with Crippen molar-refractivity contribution < 1.29 is 28.9 Å². The number of esters is 1. The number of methoxy groups -OCH3 is 1. The zero-order chi connectivity index (χ0) is 14.6. The van der Waals surface area contributed by atoms with Crippen LogP contribution in [0.3, 0.4) is 0 Å². The van der Waals surface area contributed by atoms with Gasteiger partial charge in [-0.2, -0.15) is 0 Å². The SMILES string of the molecule is COC(=O)[C@@H]1CN(C(=O)OC(C)(C)C)C[C@@H](O)CO1. The largest absolute Gasteiger partial charge is 0.467 e. The van der Waals surface area contributed by atoms with E-state index in [9.17, 15) is 14.7 Å². The Bertz CT molecular complexity index is 338. The summed E-state index contributed by atoms with van der Waals surface area (Å²) in [5.74, 6) is -0.581. The van der Waals surface area contributed by atoms with Gasteiger partial charge in [0.1, 0.15) is 5.60 Å². The van der Waals surface area contributed by atoms with E-state index < -0.39 is 29.9 Å². The van der Waals surface area contributed by atoms with Crippen molar-refractivity contribution in [1.29, 1.82) is 0 Å². The predicted molar refractivity (Wildman–Crippen MR) is 65.6 cm³/mol. The Balaban J connectivity index is 2.74. The van der Waals surface area contributed by atoms with Gasteiger partial charge in [-0.05, 0) is 20.8 Å². The first kappa shape index (κ1) is 15.7. The fourth-order valence-electron chi connectivity index (χ4n) is 1.61. The number of amides is 1. The molecule has 1 saturated heterocycles. The molecule has 0 aromatic carbocycles. The third-order valence-corrected chi connectivity index (χ3v) is 2.42. The van der Waals surface area contributed by atoms with Gasteiger partial charge in [0.15, 0.2) is 6.10 Å². The number of hydrogen-bond donors (Lipinski definition) is 1. The number of rotatable bonds is 1. The maximum Gasteiger partial charge on any atom is 0.410 e. The Morgan fingerprint density at radius 1 is 1.32 bits per heavy atom. The molecule has 1 aliphatic heterocycles. The van der Waals surface area contributed by atoms with Crippen LogP contribution in [-0.4, -0.2) is 66.7 Å². The van der Waals surface area contributed by atoms with E-state index in [0.717, 1.165) is 0 Å². The van der Waals surface area contributed by atoms with Crippen molar-refractivity contribution in [3.05, 3.63) is 0 Å². The van der Waals surface area contributed by atoms with Gasteiger partial charge in [0, 0.05) is 0 Å². The van der Waals surface area contributed by atoms with Crippen molar-refractivity contribution in [1.82, 2.24) is 4.90 Å². The highest BCUT2D eigenvalue weighted by molar-refractivity contribution is 5.76. The Hall–Kier alpha value is -1.34. The van der Waals surface area contributed by atoms with E-state index in [-0.39, 0.29) is 19.7 Å². The van der Waals surface area contributed by atoms with Crippen LogP contribution in [0.15, 0.2) is 0 Å². The van der Waals surface area contributed by atoms with Gasteiger partial charge >= 0.3 is 12.1 Å². The fraction of sp³-hybridized carbons (Fsp3) is 0.833. The van der Waals surface area contributed by atoms with Crippen LogP contribution < -0.4 is 0 Å². The molecule has 1 rings (SSSR count). The van der Waals surface area contributed by atoms with E-state index in [1.54, 1.807) is 20.8 Å². The van der Waals surface area contributed by atoms with Gasteiger partial charge in [-0.1, -0.05) is 0 Å². The number of β-amino-alcohol motifs (C(OH)–C–C–N with tert-alkyl or cyclic N) is 1. The summed E-state index contributed by atoms with van der Waals surface area (Å²) in [5.41, 5.74) is -0.643. The predicted octanol–water partition coefficient (Wildman–Crippen LogP) is 0.156. The average Bonchev–Trinajstić information content (AvgIpc) is 2.48. The third kappa shape index (κ3) is 5.04. The van der Waals surface area contributed by atoms with Gasteiger partial charge in [0.25, 0.3) is 0 Å². The lowest BCUT2D eigenvalue weighted by Gasteiger charge is -2.27. The quantitative estimate of drug-likeness (QED) is 0.686. The summed E-state index contributed by atoms with van der Waals surface area (Å²) in [5, 5.41) is 9.65. The molecule has 1 aliphatic rings. The van der Waals surface area contributed by atoms with E-state index in [0.29, 0.717) is 0 Å². The highest BCUT2D eigenvalue weighted by Gasteiger charge is 2.33. The summed E-state index contributed by atoms with van der Waals surface area (Å²) in [6, 6.07) is 0. The van der Waals surface area contributed by atoms with Gasteiger partial charge < -0.3 is 24.2 Å². The Labute approximate surface area is 112 Å². The van der Waals surface area contributed by atoms with Gasteiger partial charge in [0.05, 0.1) is 32.9 Å². The molecule has 7 nitrogen and oxygen atoms in total. The zero-order valence-corrected chi connectivity index (χ0v) is 11.7. The van der Waals surface area contributed by atoms with Crippen LogP contribution in [0.4, 0.5) is 4.79 Å². The molecule has 1 fully saturated rings. The second-order valence-corrected chi connectivity index (χ2v) is 5.38. The minimum absolute atomic E-state index is 0.00134. The lowest BCUT2D eigenvalue weighted by Crippen LogP contribution is -2.44. The molecule has 1 heterocycles. The molecule has 1 amide bonds. The monoisotopic (exact) mass is 275 g/mol. The number of aliphatic hydroxyl groups excluding tert-OH is 1. The molecule has 2 atom stereocenters. The minimum Gasteiger partial charge on any atom is -0.467 e. The van der Waals surface area contributed by atoms with Crippen LogP contribution in [0.25, 0.3) is 0 Å².